The van der Waals surface area contributed by atoms with Crippen molar-refractivity contribution in [1.82, 2.24) is 5.32 Å². The maximum Gasteiger partial charge on any atom is 0.223 e. The first-order valence-electron chi connectivity index (χ1n) is 5.99. The molecule has 4 heteroatoms. The summed E-state index contributed by atoms with van der Waals surface area (Å²) in [5, 5.41) is 3.66. The molecule has 1 rings (SSSR count). The lowest BCUT2D eigenvalue weighted by Crippen LogP contribution is -2.45. The molecule has 1 aromatic rings. The molecule has 1 N–H and O–H groups in total. The van der Waals surface area contributed by atoms with Gasteiger partial charge in [0, 0.05) is 10.9 Å². The van der Waals surface area contributed by atoms with Gasteiger partial charge in [-0.2, -0.15) is 0 Å². The van der Waals surface area contributed by atoms with Crippen LogP contribution in [0.15, 0.2) is 24.3 Å². The van der Waals surface area contributed by atoms with Crippen LogP contribution < -0.4 is 10.1 Å². The molecule has 1 aromatic carbocycles. The highest BCUT2D eigenvalue weighted by atomic mass is 79.9. The molecule has 0 aromatic heterocycles. The van der Waals surface area contributed by atoms with Crippen molar-refractivity contribution in [1.29, 1.82) is 0 Å². The average molecular weight is 314 g/mol. The van der Waals surface area contributed by atoms with E-state index in [2.05, 4.69) is 21.2 Å². The van der Waals surface area contributed by atoms with Gasteiger partial charge in [-0.3, -0.25) is 4.79 Å². The van der Waals surface area contributed by atoms with E-state index in [4.69, 9.17) is 4.74 Å². The molecule has 0 aliphatic heterocycles. The third kappa shape index (κ3) is 5.54. The monoisotopic (exact) mass is 313 g/mol. The molecule has 0 radical (unpaired) electrons. The maximum absolute atomic E-state index is 11.7. The summed E-state index contributed by atoms with van der Waals surface area (Å²) in [6.45, 7) is 6.36. The Kier molecular flexibility index (Phi) is 5.66. The number of nitrogens with one attached hydrogen (secondary N) is 1. The van der Waals surface area contributed by atoms with Crippen LogP contribution in [0.2, 0.25) is 0 Å². The second-order valence-corrected chi connectivity index (χ2v) is 5.54. The average Bonchev–Trinajstić information content (AvgIpc) is 2.28. The number of carbonyl (C=O) groups is 1. The highest BCUT2D eigenvalue weighted by Gasteiger charge is 2.18. The Morgan fingerprint density at radius 2 is 2.17 bits per heavy atom. The van der Waals surface area contributed by atoms with E-state index in [9.17, 15) is 4.79 Å². The van der Waals surface area contributed by atoms with Crippen LogP contribution in [-0.4, -0.2) is 23.4 Å². The summed E-state index contributed by atoms with van der Waals surface area (Å²) in [6, 6.07) is 7.81. The topological polar surface area (TPSA) is 38.3 Å². The molecule has 0 fully saturated rings. The number of ether oxygens (including phenoxy) is 1. The Hall–Kier alpha value is -1.03. The Morgan fingerprint density at radius 1 is 1.44 bits per heavy atom. The SMILES string of the molecule is Cc1cccc(OCCC(=O)NC(C)(C)CBr)c1. The lowest BCUT2D eigenvalue weighted by molar-refractivity contribution is -0.122. The van der Waals surface area contributed by atoms with Gasteiger partial charge in [-0.1, -0.05) is 28.1 Å². The van der Waals surface area contributed by atoms with Crippen molar-refractivity contribution >= 4 is 21.8 Å². The largest absolute Gasteiger partial charge is 0.493 e. The molecule has 100 valence electrons. The summed E-state index contributed by atoms with van der Waals surface area (Å²) in [4.78, 5) is 11.7. The van der Waals surface area contributed by atoms with Crippen molar-refractivity contribution in [3.05, 3.63) is 29.8 Å². The fourth-order valence-electron chi connectivity index (χ4n) is 1.44. The number of rotatable bonds is 6. The molecule has 0 saturated heterocycles. The van der Waals surface area contributed by atoms with Crippen molar-refractivity contribution in [3.8, 4) is 5.75 Å². The van der Waals surface area contributed by atoms with Gasteiger partial charge in [0.2, 0.25) is 5.91 Å². The van der Waals surface area contributed by atoms with Gasteiger partial charge in [-0.15, -0.1) is 0 Å². The Labute approximate surface area is 117 Å². The first-order chi connectivity index (χ1) is 8.43. The van der Waals surface area contributed by atoms with Gasteiger partial charge in [-0.25, -0.2) is 0 Å². The number of aryl methyl sites for hydroxylation is 1. The molecule has 0 aliphatic rings. The fraction of sp³-hybridized carbons (Fsp3) is 0.500. The Bertz CT molecular complexity index is 405. The second kappa shape index (κ2) is 6.78. The summed E-state index contributed by atoms with van der Waals surface area (Å²) >= 11 is 3.37. The molecule has 3 nitrogen and oxygen atoms in total. The number of halogens is 1. The van der Waals surface area contributed by atoms with Crippen LogP contribution in [0.3, 0.4) is 0 Å². The first kappa shape index (κ1) is 15.0. The quantitative estimate of drug-likeness (QED) is 0.820. The third-order valence-electron chi connectivity index (χ3n) is 2.40. The molecule has 0 aliphatic carbocycles. The van der Waals surface area contributed by atoms with Crippen LogP contribution in [-0.2, 0) is 4.79 Å². The zero-order valence-corrected chi connectivity index (χ0v) is 12.7. The van der Waals surface area contributed by atoms with Crippen LogP contribution >= 0.6 is 15.9 Å². The van der Waals surface area contributed by atoms with E-state index in [0.717, 1.165) is 16.6 Å². The minimum absolute atomic E-state index is 0.00658. The number of alkyl halides is 1. The smallest absolute Gasteiger partial charge is 0.223 e. The number of carbonyl (C=O) groups excluding carboxylic acids is 1. The molecular formula is C14H20BrNO2. The van der Waals surface area contributed by atoms with Gasteiger partial charge in [0.25, 0.3) is 0 Å². The van der Waals surface area contributed by atoms with Crippen LogP contribution in [0.4, 0.5) is 0 Å². The summed E-state index contributed by atoms with van der Waals surface area (Å²) in [5.74, 6) is 0.814. The molecule has 18 heavy (non-hydrogen) atoms. The van der Waals surface area contributed by atoms with E-state index in [1.54, 1.807) is 0 Å². The van der Waals surface area contributed by atoms with Gasteiger partial charge in [0.15, 0.2) is 0 Å². The molecular weight excluding hydrogens is 294 g/mol. The van der Waals surface area contributed by atoms with Crippen LogP contribution in [0.1, 0.15) is 25.8 Å². The molecule has 0 atom stereocenters. The van der Waals surface area contributed by atoms with E-state index in [1.807, 2.05) is 45.0 Å². The molecule has 0 heterocycles. The fourth-order valence-corrected chi connectivity index (χ4v) is 1.58. The van der Waals surface area contributed by atoms with Crippen molar-refractivity contribution in [2.45, 2.75) is 32.7 Å². The zero-order chi connectivity index (χ0) is 13.6. The highest BCUT2D eigenvalue weighted by molar-refractivity contribution is 9.09. The number of hydrogen-bond acceptors (Lipinski definition) is 2. The van der Waals surface area contributed by atoms with E-state index in [1.165, 1.54) is 0 Å². The van der Waals surface area contributed by atoms with Gasteiger partial charge in [-0.05, 0) is 38.5 Å². The van der Waals surface area contributed by atoms with Crippen molar-refractivity contribution < 1.29 is 9.53 Å². The van der Waals surface area contributed by atoms with Crippen molar-refractivity contribution in [2.24, 2.45) is 0 Å². The normalized spacial score (nSPS) is 11.1. The van der Waals surface area contributed by atoms with Gasteiger partial charge in [0.05, 0.1) is 13.0 Å². The standard InChI is InChI=1S/C14H20BrNO2/c1-11-5-4-6-12(9-11)18-8-7-13(17)16-14(2,3)10-15/h4-6,9H,7-8,10H2,1-3H3,(H,16,17). The minimum Gasteiger partial charge on any atom is -0.493 e. The second-order valence-electron chi connectivity index (χ2n) is 4.98. The van der Waals surface area contributed by atoms with Crippen molar-refractivity contribution in [2.75, 3.05) is 11.9 Å². The van der Waals surface area contributed by atoms with E-state index in [0.29, 0.717) is 13.0 Å². The Balaban J connectivity index is 2.32. The number of amides is 1. The van der Waals surface area contributed by atoms with Crippen LogP contribution in [0, 0.1) is 6.92 Å². The minimum atomic E-state index is -0.222. The molecule has 0 spiro atoms. The predicted molar refractivity (Wildman–Crippen MR) is 77.3 cm³/mol. The summed E-state index contributed by atoms with van der Waals surface area (Å²) in [6.07, 6.45) is 0.365. The lowest BCUT2D eigenvalue weighted by Gasteiger charge is -2.23. The summed E-state index contributed by atoms with van der Waals surface area (Å²) in [5.41, 5.74) is 0.929. The van der Waals surface area contributed by atoms with Gasteiger partial charge < -0.3 is 10.1 Å². The van der Waals surface area contributed by atoms with Crippen LogP contribution in [0.5, 0.6) is 5.75 Å². The zero-order valence-electron chi connectivity index (χ0n) is 11.1. The predicted octanol–water partition coefficient (Wildman–Crippen LogP) is 3.05. The van der Waals surface area contributed by atoms with E-state index >= 15 is 0 Å². The molecule has 1 amide bonds. The van der Waals surface area contributed by atoms with Gasteiger partial charge in [0.1, 0.15) is 5.75 Å². The summed E-state index contributed by atoms with van der Waals surface area (Å²) < 4.78 is 5.53. The molecule has 0 unspecified atom stereocenters. The van der Waals surface area contributed by atoms with Crippen molar-refractivity contribution in [3.63, 3.8) is 0 Å². The molecule has 0 bridgehead atoms. The van der Waals surface area contributed by atoms with Gasteiger partial charge >= 0.3 is 0 Å². The Morgan fingerprint density at radius 3 is 2.78 bits per heavy atom. The van der Waals surface area contributed by atoms with E-state index < -0.39 is 0 Å². The maximum atomic E-state index is 11.7. The lowest BCUT2D eigenvalue weighted by atomic mass is 10.1. The molecule has 0 saturated carbocycles. The first-order valence-corrected chi connectivity index (χ1v) is 7.11. The summed E-state index contributed by atoms with van der Waals surface area (Å²) in [7, 11) is 0. The number of hydrogen-bond donors (Lipinski definition) is 1. The number of benzene rings is 1. The van der Waals surface area contributed by atoms with E-state index in [-0.39, 0.29) is 11.4 Å². The third-order valence-corrected chi connectivity index (χ3v) is 3.80. The van der Waals surface area contributed by atoms with Crippen LogP contribution in [0.25, 0.3) is 0 Å². The highest BCUT2D eigenvalue weighted by Crippen LogP contribution is 2.12.